The fourth-order valence-corrected chi connectivity index (χ4v) is 2.47. The highest BCUT2D eigenvalue weighted by Crippen LogP contribution is 2.23. The average molecular weight is 322 g/mol. The minimum atomic E-state index is -0.462. The molecular weight excluding hydrogens is 296 g/mol. The Hall–Kier alpha value is -1.98. The number of aryl methyl sites for hydroxylation is 1. The van der Waals surface area contributed by atoms with Crippen molar-refractivity contribution >= 4 is 6.09 Å². The second-order valence-electron chi connectivity index (χ2n) is 6.88. The first-order valence-electron chi connectivity index (χ1n) is 7.90. The van der Waals surface area contributed by atoms with Crippen LogP contribution in [0.15, 0.2) is 12.1 Å². The number of carbonyl (C=O) groups excluding carboxylic acids is 1. The molecule has 0 aliphatic carbocycles. The number of amides is 1. The van der Waals surface area contributed by atoms with Crippen molar-refractivity contribution in [2.24, 2.45) is 5.92 Å². The molecule has 1 aromatic rings. The molecule has 1 aliphatic heterocycles. The summed E-state index contributed by atoms with van der Waals surface area (Å²) in [5.74, 6) is 1.59. The monoisotopic (exact) mass is 322 g/mol. The molecule has 1 saturated heterocycles. The zero-order valence-electron chi connectivity index (χ0n) is 14.6. The molecule has 0 radical (unpaired) electrons. The van der Waals surface area contributed by atoms with E-state index in [1.807, 2.05) is 33.8 Å². The predicted molar refractivity (Wildman–Crippen MR) is 86.9 cm³/mol. The van der Waals surface area contributed by atoms with E-state index in [1.54, 1.807) is 18.1 Å². The number of hydrogen-bond acceptors (Lipinski definition) is 5. The molecule has 1 amide bonds. The number of rotatable bonds is 4. The molecule has 0 aromatic carbocycles. The molecule has 1 aromatic heterocycles. The maximum atomic E-state index is 12.0. The first-order valence-corrected chi connectivity index (χ1v) is 7.90. The Balaban J connectivity index is 1.84. The van der Waals surface area contributed by atoms with Crippen LogP contribution >= 0.6 is 0 Å². The third-order valence-corrected chi connectivity index (χ3v) is 3.54. The number of carbonyl (C=O) groups is 1. The minimum absolute atomic E-state index is 0.249. The number of methoxy groups -OCH3 is 1. The molecule has 0 bridgehead atoms. The lowest BCUT2D eigenvalue weighted by Crippen LogP contribution is -2.35. The van der Waals surface area contributed by atoms with Gasteiger partial charge in [0.25, 0.3) is 0 Å². The second-order valence-corrected chi connectivity index (χ2v) is 6.88. The molecule has 23 heavy (non-hydrogen) atoms. The van der Waals surface area contributed by atoms with E-state index >= 15 is 0 Å². The molecule has 6 heteroatoms. The van der Waals surface area contributed by atoms with Crippen molar-refractivity contribution in [2.45, 2.75) is 39.7 Å². The normalized spacial score (nSPS) is 18.0. The van der Waals surface area contributed by atoms with E-state index in [0.717, 1.165) is 17.9 Å². The third-order valence-electron chi connectivity index (χ3n) is 3.54. The zero-order chi connectivity index (χ0) is 17.0. The Bertz CT molecular complexity index is 554. The molecule has 6 nitrogen and oxygen atoms in total. The quantitative estimate of drug-likeness (QED) is 0.852. The van der Waals surface area contributed by atoms with E-state index in [2.05, 4.69) is 4.98 Å². The highest BCUT2D eigenvalue weighted by Gasteiger charge is 2.30. The van der Waals surface area contributed by atoms with Crippen molar-refractivity contribution in [1.29, 1.82) is 0 Å². The van der Waals surface area contributed by atoms with Gasteiger partial charge in [0.15, 0.2) is 0 Å². The molecule has 0 unspecified atom stereocenters. The van der Waals surface area contributed by atoms with Gasteiger partial charge in [-0.25, -0.2) is 9.78 Å². The molecule has 0 saturated carbocycles. The van der Waals surface area contributed by atoms with E-state index < -0.39 is 5.60 Å². The van der Waals surface area contributed by atoms with Gasteiger partial charge in [0.05, 0.1) is 13.7 Å². The predicted octanol–water partition coefficient (Wildman–Crippen LogP) is 3.03. The number of pyridine rings is 1. The van der Waals surface area contributed by atoms with Gasteiger partial charge >= 0.3 is 6.09 Å². The Labute approximate surface area is 137 Å². The lowest BCUT2D eigenvalue weighted by atomic mass is 10.1. The summed E-state index contributed by atoms with van der Waals surface area (Å²) < 4.78 is 16.4. The fraction of sp³-hybridized carbons (Fsp3) is 0.647. The van der Waals surface area contributed by atoms with Gasteiger partial charge in [0.2, 0.25) is 5.88 Å². The maximum Gasteiger partial charge on any atom is 0.410 e. The fourth-order valence-electron chi connectivity index (χ4n) is 2.47. The van der Waals surface area contributed by atoms with Crippen LogP contribution in [0.25, 0.3) is 0 Å². The van der Waals surface area contributed by atoms with Crippen LogP contribution in [0.4, 0.5) is 4.79 Å². The summed E-state index contributed by atoms with van der Waals surface area (Å²) in [5.41, 5.74) is 0.387. The average Bonchev–Trinajstić information content (AvgIpc) is 2.91. The molecule has 1 fully saturated rings. The first-order chi connectivity index (χ1) is 10.8. The molecule has 1 atom stereocenters. The van der Waals surface area contributed by atoms with Crippen molar-refractivity contribution in [3.8, 4) is 11.6 Å². The van der Waals surface area contributed by atoms with Crippen LogP contribution in [0.2, 0.25) is 0 Å². The van der Waals surface area contributed by atoms with Gasteiger partial charge in [-0.2, -0.15) is 0 Å². The van der Waals surface area contributed by atoms with E-state index in [1.165, 1.54) is 0 Å². The van der Waals surface area contributed by atoms with Crippen molar-refractivity contribution in [1.82, 2.24) is 9.88 Å². The van der Waals surface area contributed by atoms with Crippen LogP contribution in [0.1, 0.15) is 32.9 Å². The second kappa shape index (κ2) is 7.06. The largest absolute Gasteiger partial charge is 0.493 e. The van der Waals surface area contributed by atoms with Crippen molar-refractivity contribution < 1.29 is 19.0 Å². The van der Waals surface area contributed by atoms with Gasteiger partial charge in [-0.15, -0.1) is 0 Å². The van der Waals surface area contributed by atoms with Gasteiger partial charge < -0.3 is 19.1 Å². The van der Waals surface area contributed by atoms with E-state index in [4.69, 9.17) is 14.2 Å². The van der Waals surface area contributed by atoms with E-state index in [-0.39, 0.29) is 6.09 Å². The highest BCUT2D eigenvalue weighted by molar-refractivity contribution is 5.68. The van der Waals surface area contributed by atoms with Crippen LogP contribution in [0.5, 0.6) is 11.6 Å². The van der Waals surface area contributed by atoms with Crippen molar-refractivity contribution in [3.05, 3.63) is 17.8 Å². The highest BCUT2D eigenvalue weighted by atomic mass is 16.6. The third kappa shape index (κ3) is 5.30. The Morgan fingerprint density at radius 2 is 2.13 bits per heavy atom. The number of ether oxygens (including phenoxy) is 3. The molecule has 2 heterocycles. The van der Waals surface area contributed by atoms with Crippen LogP contribution in [0, 0.1) is 12.8 Å². The van der Waals surface area contributed by atoms with Gasteiger partial charge in [0.1, 0.15) is 11.4 Å². The summed E-state index contributed by atoms with van der Waals surface area (Å²) in [6.07, 6.45) is 0.668. The minimum Gasteiger partial charge on any atom is -0.493 e. The number of likely N-dealkylation sites (tertiary alicyclic amines) is 1. The zero-order valence-corrected chi connectivity index (χ0v) is 14.6. The smallest absolute Gasteiger partial charge is 0.410 e. The van der Waals surface area contributed by atoms with Gasteiger partial charge in [-0.1, -0.05) is 0 Å². The first kappa shape index (κ1) is 17.4. The summed E-state index contributed by atoms with van der Waals surface area (Å²) in [5, 5.41) is 0. The van der Waals surface area contributed by atoms with Crippen LogP contribution in [-0.2, 0) is 4.74 Å². The van der Waals surface area contributed by atoms with Gasteiger partial charge in [-0.05, 0) is 34.1 Å². The topological polar surface area (TPSA) is 60.9 Å². The molecule has 0 N–H and O–H groups in total. The summed E-state index contributed by atoms with van der Waals surface area (Å²) in [6, 6.07) is 3.65. The Morgan fingerprint density at radius 3 is 2.78 bits per heavy atom. The van der Waals surface area contributed by atoms with E-state index in [0.29, 0.717) is 31.5 Å². The summed E-state index contributed by atoms with van der Waals surface area (Å²) in [6.45, 7) is 9.46. The lowest BCUT2D eigenvalue weighted by Gasteiger charge is -2.24. The summed E-state index contributed by atoms with van der Waals surface area (Å²) >= 11 is 0. The molecule has 128 valence electrons. The Kier molecular flexibility index (Phi) is 5.34. The van der Waals surface area contributed by atoms with Crippen LogP contribution in [0.3, 0.4) is 0 Å². The summed E-state index contributed by atoms with van der Waals surface area (Å²) in [4.78, 5) is 18.0. The SMILES string of the molecule is COc1cc(OC[C@@H]2CCN(C(=O)OC(C)(C)C)C2)cc(C)n1. The van der Waals surface area contributed by atoms with Gasteiger partial charge in [-0.3, -0.25) is 0 Å². The van der Waals surface area contributed by atoms with E-state index in [9.17, 15) is 4.79 Å². The number of aromatic nitrogens is 1. The summed E-state index contributed by atoms with van der Waals surface area (Å²) in [7, 11) is 1.58. The number of hydrogen-bond donors (Lipinski definition) is 0. The Morgan fingerprint density at radius 1 is 1.39 bits per heavy atom. The molecule has 0 spiro atoms. The lowest BCUT2D eigenvalue weighted by molar-refractivity contribution is 0.0285. The molecular formula is C17H26N2O4. The van der Waals surface area contributed by atoms with Crippen molar-refractivity contribution in [2.75, 3.05) is 26.8 Å². The molecule has 1 aliphatic rings. The maximum absolute atomic E-state index is 12.0. The van der Waals surface area contributed by atoms with Crippen LogP contribution in [-0.4, -0.2) is 48.4 Å². The standard InChI is InChI=1S/C17H26N2O4/c1-12-8-14(9-15(18-12)21-5)22-11-13-6-7-19(10-13)16(20)23-17(2,3)4/h8-9,13H,6-7,10-11H2,1-5H3/t13-/m1/s1. The molecule has 2 rings (SSSR count). The van der Waals surface area contributed by atoms with Crippen LogP contribution < -0.4 is 9.47 Å². The van der Waals surface area contributed by atoms with Gasteiger partial charge in [0, 0.05) is 36.8 Å². The van der Waals surface area contributed by atoms with Crippen molar-refractivity contribution in [3.63, 3.8) is 0 Å². The number of nitrogens with zero attached hydrogens (tertiary/aromatic N) is 2.